The third-order valence-electron chi connectivity index (χ3n) is 3.31. The fraction of sp³-hybridized carbons (Fsp3) is 0.500. The summed E-state index contributed by atoms with van der Waals surface area (Å²) in [6.07, 6.45) is 0.432. The highest BCUT2D eigenvalue weighted by molar-refractivity contribution is 7.89. The Morgan fingerprint density at radius 2 is 1.86 bits per heavy atom. The van der Waals surface area contributed by atoms with Gasteiger partial charge in [-0.2, -0.15) is 0 Å². The molecule has 0 unspecified atom stereocenters. The van der Waals surface area contributed by atoms with E-state index >= 15 is 0 Å². The Morgan fingerprint density at radius 3 is 2.52 bits per heavy atom. The number of nitrogens with one attached hydrogen (secondary N) is 1. The number of rotatable bonds is 6. The molecule has 0 radical (unpaired) electrons. The lowest BCUT2D eigenvalue weighted by molar-refractivity contribution is -0.133. The number of aryl methyl sites for hydroxylation is 1. The van der Waals surface area contributed by atoms with Crippen LogP contribution in [0.5, 0.6) is 0 Å². The normalized spacial score (nSPS) is 15.9. The zero-order valence-electron chi connectivity index (χ0n) is 11.8. The van der Waals surface area contributed by atoms with E-state index in [0.29, 0.717) is 32.7 Å². The van der Waals surface area contributed by atoms with Gasteiger partial charge in [-0.15, -0.1) is 0 Å². The molecule has 1 fully saturated rings. The summed E-state index contributed by atoms with van der Waals surface area (Å²) < 4.78 is 31.3. The molecule has 1 saturated heterocycles. The zero-order valence-corrected chi connectivity index (χ0v) is 12.6. The Hall–Kier alpha value is -1.44. The first kappa shape index (κ1) is 15.9. The third kappa shape index (κ3) is 5.45. The first-order chi connectivity index (χ1) is 10.1. The minimum Gasteiger partial charge on any atom is -0.378 e. The van der Waals surface area contributed by atoms with Crippen LogP contribution in [0.25, 0.3) is 0 Å². The maximum atomic E-state index is 11.9. The molecule has 1 aliphatic rings. The molecule has 0 aromatic heterocycles. The number of hydrogen-bond donors (Lipinski definition) is 1. The van der Waals surface area contributed by atoms with Gasteiger partial charge in [-0.3, -0.25) is 4.79 Å². The van der Waals surface area contributed by atoms with E-state index in [1.807, 2.05) is 30.3 Å². The Morgan fingerprint density at radius 1 is 1.19 bits per heavy atom. The SMILES string of the molecule is O=C(CNS(=O)(=O)CCc1ccccc1)N1CCOCC1. The molecule has 6 nitrogen and oxygen atoms in total. The van der Waals surface area contributed by atoms with Gasteiger partial charge < -0.3 is 9.64 Å². The average molecular weight is 312 g/mol. The molecule has 0 spiro atoms. The first-order valence-corrected chi connectivity index (χ1v) is 8.59. The number of carbonyl (C=O) groups excluding carboxylic acids is 1. The minimum absolute atomic E-state index is 0.0204. The predicted octanol–water partition coefficient (Wildman–Crippen LogP) is 0.00730. The minimum atomic E-state index is -3.44. The molecule has 0 saturated carbocycles. The molecule has 2 rings (SSSR count). The summed E-state index contributed by atoms with van der Waals surface area (Å²) in [5.41, 5.74) is 0.961. The van der Waals surface area contributed by atoms with Crippen LogP contribution >= 0.6 is 0 Å². The van der Waals surface area contributed by atoms with Crippen LogP contribution in [-0.2, 0) is 26.0 Å². The van der Waals surface area contributed by atoms with E-state index in [2.05, 4.69) is 4.72 Å². The van der Waals surface area contributed by atoms with Crippen molar-refractivity contribution in [1.82, 2.24) is 9.62 Å². The van der Waals surface area contributed by atoms with Crippen molar-refractivity contribution in [3.05, 3.63) is 35.9 Å². The summed E-state index contributed by atoms with van der Waals surface area (Å²) in [7, 11) is -3.44. The highest BCUT2D eigenvalue weighted by Crippen LogP contribution is 2.02. The third-order valence-corrected chi connectivity index (χ3v) is 4.64. The number of ether oxygens (including phenoxy) is 1. The number of nitrogens with zero attached hydrogens (tertiary/aromatic N) is 1. The molecule has 0 atom stereocenters. The van der Waals surface area contributed by atoms with Crippen molar-refractivity contribution < 1.29 is 17.9 Å². The number of morpholine rings is 1. The van der Waals surface area contributed by atoms with Crippen LogP contribution < -0.4 is 4.72 Å². The standard InChI is InChI=1S/C14H20N2O4S/c17-14(16-7-9-20-10-8-16)12-15-21(18,19)11-6-13-4-2-1-3-5-13/h1-5,15H,6-12H2. The fourth-order valence-corrected chi connectivity index (χ4v) is 3.06. The van der Waals surface area contributed by atoms with Crippen LogP contribution in [0, 0.1) is 0 Å². The van der Waals surface area contributed by atoms with Gasteiger partial charge in [0.1, 0.15) is 0 Å². The van der Waals surface area contributed by atoms with Crippen molar-refractivity contribution in [1.29, 1.82) is 0 Å². The van der Waals surface area contributed by atoms with E-state index in [4.69, 9.17) is 4.74 Å². The summed E-state index contributed by atoms with van der Waals surface area (Å²) >= 11 is 0. The maximum Gasteiger partial charge on any atom is 0.237 e. The number of amides is 1. The van der Waals surface area contributed by atoms with Crippen LogP contribution in [0.3, 0.4) is 0 Å². The summed E-state index contributed by atoms with van der Waals surface area (Å²) in [5.74, 6) is -0.227. The second-order valence-corrected chi connectivity index (χ2v) is 6.80. The summed E-state index contributed by atoms with van der Waals surface area (Å²) in [6, 6.07) is 9.40. The number of sulfonamides is 1. The molecule has 7 heteroatoms. The molecule has 0 bridgehead atoms. The van der Waals surface area contributed by atoms with Crippen LogP contribution in [0.2, 0.25) is 0 Å². The van der Waals surface area contributed by atoms with Gasteiger partial charge in [-0.25, -0.2) is 13.1 Å². The average Bonchev–Trinajstić information content (AvgIpc) is 2.53. The van der Waals surface area contributed by atoms with Crippen LogP contribution in [0.4, 0.5) is 0 Å². The lowest BCUT2D eigenvalue weighted by atomic mass is 10.2. The summed E-state index contributed by atoms with van der Waals surface area (Å²) in [6.45, 7) is 1.87. The van der Waals surface area contributed by atoms with Gasteiger partial charge in [0.05, 0.1) is 25.5 Å². The molecule has 116 valence electrons. The van der Waals surface area contributed by atoms with Crippen molar-refractivity contribution >= 4 is 15.9 Å². The molecule has 1 amide bonds. The Labute approximate surface area is 125 Å². The van der Waals surface area contributed by atoms with Crippen LogP contribution in [0.15, 0.2) is 30.3 Å². The van der Waals surface area contributed by atoms with Crippen molar-refractivity contribution in [2.24, 2.45) is 0 Å². The van der Waals surface area contributed by atoms with Gasteiger partial charge in [0, 0.05) is 13.1 Å². The van der Waals surface area contributed by atoms with Crippen molar-refractivity contribution in [2.75, 3.05) is 38.6 Å². The van der Waals surface area contributed by atoms with E-state index in [9.17, 15) is 13.2 Å². The lowest BCUT2D eigenvalue weighted by Gasteiger charge is -2.26. The van der Waals surface area contributed by atoms with Gasteiger partial charge in [0.2, 0.25) is 15.9 Å². The van der Waals surface area contributed by atoms with Gasteiger partial charge in [-0.1, -0.05) is 30.3 Å². The van der Waals surface area contributed by atoms with Gasteiger partial charge in [0.15, 0.2) is 0 Å². The fourth-order valence-electron chi connectivity index (χ4n) is 2.07. The van der Waals surface area contributed by atoms with E-state index in [-0.39, 0.29) is 18.2 Å². The molecular weight excluding hydrogens is 292 g/mol. The van der Waals surface area contributed by atoms with Gasteiger partial charge in [-0.05, 0) is 12.0 Å². The number of carbonyl (C=O) groups is 1. The first-order valence-electron chi connectivity index (χ1n) is 6.94. The molecule has 1 heterocycles. The Bertz CT molecular complexity index is 554. The molecule has 1 aromatic carbocycles. The highest BCUT2D eigenvalue weighted by Gasteiger charge is 2.19. The molecule has 0 aliphatic carbocycles. The second-order valence-electron chi connectivity index (χ2n) is 4.87. The lowest BCUT2D eigenvalue weighted by Crippen LogP contribution is -2.46. The smallest absolute Gasteiger partial charge is 0.237 e. The second kappa shape index (κ2) is 7.53. The summed E-state index contributed by atoms with van der Waals surface area (Å²) in [4.78, 5) is 13.5. The Balaban J connectivity index is 1.77. The highest BCUT2D eigenvalue weighted by atomic mass is 32.2. The maximum absolute atomic E-state index is 11.9. The summed E-state index contributed by atoms with van der Waals surface area (Å²) in [5, 5.41) is 0. The zero-order chi connectivity index (χ0) is 15.1. The van der Waals surface area contributed by atoms with E-state index in [1.54, 1.807) is 4.90 Å². The van der Waals surface area contributed by atoms with E-state index in [1.165, 1.54) is 0 Å². The van der Waals surface area contributed by atoms with Crippen LogP contribution in [-0.4, -0.2) is 57.8 Å². The largest absolute Gasteiger partial charge is 0.378 e. The van der Waals surface area contributed by atoms with E-state index in [0.717, 1.165) is 5.56 Å². The number of benzene rings is 1. The molecule has 21 heavy (non-hydrogen) atoms. The quantitative estimate of drug-likeness (QED) is 0.803. The monoisotopic (exact) mass is 312 g/mol. The molecule has 1 aliphatic heterocycles. The topological polar surface area (TPSA) is 75.7 Å². The van der Waals surface area contributed by atoms with Crippen molar-refractivity contribution in [3.8, 4) is 0 Å². The van der Waals surface area contributed by atoms with E-state index < -0.39 is 10.0 Å². The predicted molar refractivity (Wildman–Crippen MR) is 79.3 cm³/mol. The molecule has 1 N–H and O–H groups in total. The van der Waals surface area contributed by atoms with Crippen molar-refractivity contribution in [3.63, 3.8) is 0 Å². The Kier molecular flexibility index (Phi) is 5.72. The van der Waals surface area contributed by atoms with Gasteiger partial charge in [0.25, 0.3) is 0 Å². The van der Waals surface area contributed by atoms with Crippen LogP contribution in [0.1, 0.15) is 5.56 Å². The molecule has 1 aromatic rings. The van der Waals surface area contributed by atoms with Crippen molar-refractivity contribution in [2.45, 2.75) is 6.42 Å². The molecular formula is C14H20N2O4S. The number of hydrogen-bond acceptors (Lipinski definition) is 4. The van der Waals surface area contributed by atoms with Gasteiger partial charge >= 0.3 is 0 Å².